The van der Waals surface area contributed by atoms with Crippen LogP contribution in [-0.4, -0.2) is 50.3 Å². The number of allylic oxidation sites excluding steroid dienone is 1. The molecular weight excluding hydrogens is 412 g/mol. The highest BCUT2D eigenvalue weighted by Gasteiger charge is 2.56. The number of carbonyl (C=O) groups excluding carboxylic acids is 3. The van der Waals surface area contributed by atoms with E-state index in [0.29, 0.717) is 24.4 Å². The molecule has 2 aliphatic heterocycles. The van der Waals surface area contributed by atoms with Crippen LogP contribution in [0, 0.1) is 11.8 Å². The molecule has 3 aliphatic rings. The lowest BCUT2D eigenvalue weighted by Crippen LogP contribution is -2.48. The number of cyclic esters (lactones) is 1. The van der Waals surface area contributed by atoms with Crippen LogP contribution in [0.15, 0.2) is 42.2 Å². The first-order valence-corrected chi connectivity index (χ1v) is 13.7. The van der Waals surface area contributed by atoms with Gasteiger partial charge in [0.25, 0.3) is 0 Å². The fourth-order valence-corrected chi connectivity index (χ4v) is 5.39. The third-order valence-corrected chi connectivity index (χ3v) is 11.4. The summed E-state index contributed by atoms with van der Waals surface area (Å²) in [5.74, 6) is -0.994. The van der Waals surface area contributed by atoms with Crippen LogP contribution in [0.3, 0.4) is 0 Å². The molecule has 166 valence electrons. The summed E-state index contributed by atoms with van der Waals surface area (Å²) < 4.78 is 11.7. The molecule has 0 spiro atoms. The van der Waals surface area contributed by atoms with E-state index in [1.54, 1.807) is 29.2 Å². The van der Waals surface area contributed by atoms with E-state index in [1.165, 1.54) is 4.90 Å². The van der Waals surface area contributed by atoms with Gasteiger partial charge in [0.15, 0.2) is 0 Å². The lowest BCUT2D eigenvalue weighted by molar-refractivity contribution is -0.122. The van der Waals surface area contributed by atoms with Gasteiger partial charge in [-0.25, -0.2) is 9.69 Å². The topological polar surface area (TPSA) is 76.2 Å². The minimum Gasteiger partial charge on any atom is -0.547 e. The van der Waals surface area contributed by atoms with Gasteiger partial charge in [-0.15, -0.1) is 0 Å². The Bertz CT molecular complexity index is 937. The maximum absolute atomic E-state index is 13.4. The maximum atomic E-state index is 13.4. The van der Waals surface area contributed by atoms with Crippen molar-refractivity contribution in [1.82, 2.24) is 4.90 Å². The number of fused-ring (bicyclic) bond motifs is 1. The molecule has 0 aromatic heterocycles. The molecule has 3 amide bonds. The summed E-state index contributed by atoms with van der Waals surface area (Å²) >= 11 is 0. The standard InChI is InChI=1S/C23H30N2O5Si/c1-23(2,3)31(4,5)30-16-13-17-19(18(14-16)24-11-12-29-22(24)28)21(27)25(20(17)26)15-9-7-6-8-10-15/h6-10,14,17-19H,11-13H2,1-5H3/t17-,18+,19-/m1/s1. The molecule has 2 heterocycles. The van der Waals surface area contributed by atoms with Gasteiger partial charge in [0.1, 0.15) is 6.61 Å². The van der Waals surface area contributed by atoms with E-state index in [9.17, 15) is 14.4 Å². The summed E-state index contributed by atoms with van der Waals surface area (Å²) in [6, 6.07) is 8.41. The first kappa shape index (κ1) is 21.6. The van der Waals surface area contributed by atoms with Crippen molar-refractivity contribution in [2.75, 3.05) is 18.1 Å². The second kappa shape index (κ2) is 7.51. The van der Waals surface area contributed by atoms with Crippen molar-refractivity contribution in [1.29, 1.82) is 0 Å². The Hall–Kier alpha value is -2.61. The van der Waals surface area contributed by atoms with Crippen molar-refractivity contribution in [2.24, 2.45) is 11.8 Å². The van der Waals surface area contributed by atoms with E-state index >= 15 is 0 Å². The van der Waals surface area contributed by atoms with Gasteiger partial charge in [-0.1, -0.05) is 39.0 Å². The zero-order chi connectivity index (χ0) is 22.6. The number of benzene rings is 1. The van der Waals surface area contributed by atoms with Crippen LogP contribution in [0.4, 0.5) is 10.5 Å². The van der Waals surface area contributed by atoms with E-state index in [1.807, 2.05) is 12.1 Å². The van der Waals surface area contributed by atoms with Crippen molar-refractivity contribution in [3.8, 4) is 0 Å². The molecule has 0 radical (unpaired) electrons. The van der Waals surface area contributed by atoms with Gasteiger partial charge in [-0.3, -0.25) is 14.5 Å². The van der Waals surface area contributed by atoms with E-state index < -0.39 is 32.3 Å². The van der Waals surface area contributed by atoms with Gasteiger partial charge in [-0.05, 0) is 36.3 Å². The molecule has 0 bridgehead atoms. The van der Waals surface area contributed by atoms with Crippen LogP contribution in [-0.2, 0) is 18.8 Å². The Labute approximate surface area is 184 Å². The first-order valence-electron chi connectivity index (χ1n) is 10.8. The molecule has 4 rings (SSSR count). The number of para-hydroxylation sites is 1. The van der Waals surface area contributed by atoms with Crippen molar-refractivity contribution in [2.45, 2.75) is 51.4 Å². The molecule has 0 unspecified atom stereocenters. The summed E-state index contributed by atoms with van der Waals surface area (Å²) in [4.78, 5) is 42.1. The number of rotatable bonds is 4. The average molecular weight is 443 g/mol. The monoisotopic (exact) mass is 442 g/mol. The van der Waals surface area contributed by atoms with E-state index in [2.05, 4.69) is 33.9 Å². The fraction of sp³-hybridized carbons (Fsp3) is 0.522. The molecule has 2 fully saturated rings. The zero-order valence-corrected chi connectivity index (χ0v) is 19.8. The molecule has 1 aromatic carbocycles. The van der Waals surface area contributed by atoms with Gasteiger partial charge >= 0.3 is 6.09 Å². The van der Waals surface area contributed by atoms with Crippen molar-refractivity contribution >= 4 is 31.9 Å². The highest BCUT2D eigenvalue weighted by atomic mass is 28.4. The van der Waals surface area contributed by atoms with Crippen LogP contribution in [0.1, 0.15) is 27.2 Å². The molecule has 0 saturated carbocycles. The number of nitrogens with zero attached hydrogens (tertiary/aromatic N) is 2. The average Bonchev–Trinajstić information content (AvgIpc) is 3.22. The summed E-state index contributed by atoms with van der Waals surface area (Å²) in [7, 11) is -2.16. The molecule has 2 saturated heterocycles. The predicted molar refractivity (Wildman–Crippen MR) is 119 cm³/mol. The van der Waals surface area contributed by atoms with Crippen molar-refractivity contribution in [3.63, 3.8) is 0 Å². The fourth-order valence-electron chi connectivity index (χ4n) is 4.27. The normalized spacial score (nSPS) is 26.7. The van der Waals surface area contributed by atoms with Crippen LogP contribution in [0.25, 0.3) is 0 Å². The van der Waals surface area contributed by atoms with Crippen LogP contribution < -0.4 is 4.90 Å². The molecule has 31 heavy (non-hydrogen) atoms. The van der Waals surface area contributed by atoms with Crippen molar-refractivity contribution < 1.29 is 23.5 Å². The molecule has 1 aromatic rings. The Kier molecular flexibility index (Phi) is 5.24. The Morgan fingerprint density at radius 1 is 1.06 bits per heavy atom. The lowest BCUT2D eigenvalue weighted by atomic mass is 9.80. The second-order valence-corrected chi connectivity index (χ2v) is 14.7. The maximum Gasteiger partial charge on any atom is 0.410 e. The van der Waals surface area contributed by atoms with Crippen LogP contribution in [0.2, 0.25) is 18.1 Å². The van der Waals surface area contributed by atoms with Gasteiger partial charge < -0.3 is 9.16 Å². The van der Waals surface area contributed by atoms with E-state index in [-0.39, 0.29) is 23.5 Å². The first-order chi connectivity index (χ1) is 14.5. The molecule has 1 aliphatic carbocycles. The SMILES string of the molecule is CC(C)(C)[Si](C)(C)OC1=C[C@H](N2CCOC2=O)[C@@H]2C(=O)N(c3ccccc3)C(=O)[C@@H]2C1. The molecule has 0 N–H and O–H groups in total. The quantitative estimate of drug-likeness (QED) is 0.522. The number of ether oxygens (including phenoxy) is 1. The summed E-state index contributed by atoms with van der Waals surface area (Å²) in [5, 5.41) is -0.0155. The third-order valence-electron chi connectivity index (χ3n) is 6.98. The minimum atomic E-state index is -2.16. The minimum absolute atomic E-state index is 0.0155. The van der Waals surface area contributed by atoms with E-state index in [4.69, 9.17) is 9.16 Å². The van der Waals surface area contributed by atoms with Crippen LogP contribution in [0.5, 0.6) is 0 Å². The highest BCUT2D eigenvalue weighted by molar-refractivity contribution is 6.74. The lowest BCUT2D eigenvalue weighted by Gasteiger charge is -2.40. The van der Waals surface area contributed by atoms with Gasteiger partial charge in [0.05, 0.1) is 35.9 Å². The summed E-state index contributed by atoms with van der Waals surface area (Å²) in [6.45, 7) is 11.4. The summed E-state index contributed by atoms with van der Waals surface area (Å²) in [5.41, 5.74) is 0.557. The van der Waals surface area contributed by atoms with Crippen LogP contribution >= 0.6 is 0 Å². The van der Waals surface area contributed by atoms with Gasteiger partial charge in [0.2, 0.25) is 20.1 Å². The van der Waals surface area contributed by atoms with Gasteiger partial charge in [-0.2, -0.15) is 0 Å². The van der Waals surface area contributed by atoms with Gasteiger partial charge in [0, 0.05) is 6.42 Å². The number of anilines is 1. The highest BCUT2D eigenvalue weighted by Crippen LogP contribution is 2.45. The number of imide groups is 1. The Morgan fingerprint density at radius 2 is 1.74 bits per heavy atom. The number of amides is 3. The van der Waals surface area contributed by atoms with E-state index in [0.717, 1.165) is 0 Å². The largest absolute Gasteiger partial charge is 0.547 e. The smallest absolute Gasteiger partial charge is 0.410 e. The molecule has 8 heteroatoms. The zero-order valence-electron chi connectivity index (χ0n) is 18.8. The van der Waals surface area contributed by atoms with Crippen molar-refractivity contribution in [3.05, 3.63) is 42.2 Å². The molecule has 3 atom stereocenters. The second-order valence-electron chi connectivity index (χ2n) is 9.98. The number of hydrogen-bond donors (Lipinski definition) is 0. The third kappa shape index (κ3) is 3.67. The summed E-state index contributed by atoms with van der Waals surface area (Å²) in [6.07, 6.45) is 1.80. The molecule has 7 nitrogen and oxygen atoms in total. The number of carbonyl (C=O) groups is 3. The number of hydrogen-bond acceptors (Lipinski definition) is 5. The Morgan fingerprint density at radius 3 is 2.32 bits per heavy atom. The Balaban J connectivity index is 1.72. The molecular formula is C23H30N2O5Si. The predicted octanol–water partition coefficient (Wildman–Crippen LogP) is 3.92.